The van der Waals surface area contributed by atoms with Crippen molar-refractivity contribution in [3.63, 3.8) is 0 Å². The standard InChI is InChI=1S/C23H24ClNO4/c1-3-5-9-27-17-8-6-7-16(11-17)25-13-19-22-18(12-20(24)23(19)28-14-25)15(4-2)10-21(26)29-22/h6-8,10-12H,3-5,9,13-14H2,1-2H3. The van der Waals surface area contributed by atoms with Gasteiger partial charge in [0, 0.05) is 23.2 Å². The van der Waals surface area contributed by atoms with E-state index in [1.54, 1.807) is 0 Å². The van der Waals surface area contributed by atoms with Crippen molar-refractivity contribution in [2.45, 2.75) is 39.7 Å². The van der Waals surface area contributed by atoms with Crippen LogP contribution in [0.15, 0.2) is 45.6 Å². The summed E-state index contributed by atoms with van der Waals surface area (Å²) in [4.78, 5) is 14.2. The van der Waals surface area contributed by atoms with Crippen LogP contribution in [0.25, 0.3) is 11.0 Å². The number of aryl methyl sites for hydroxylation is 1. The third-order valence-corrected chi connectivity index (χ3v) is 5.45. The summed E-state index contributed by atoms with van der Waals surface area (Å²) in [5.41, 5.74) is 2.88. The third kappa shape index (κ3) is 3.92. The Hall–Kier alpha value is -2.66. The van der Waals surface area contributed by atoms with Crippen molar-refractivity contribution in [2.75, 3.05) is 18.2 Å². The largest absolute Gasteiger partial charge is 0.494 e. The minimum atomic E-state index is -0.359. The van der Waals surface area contributed by atoms with E-state index in [1.165, 1.54) is 6.07 Å². The molecule has 5 nitrogen and oxygen atoms in total. The fourth-order valence-corrected chi connectivity index (χ4v) is 3.89. The number of fused-ring (bicyclic) bond motifs is 3. The van der Waals surface area contributed by atoms with Gasteiger partial charge < -0.3 is 18.8 Å². The number of benzene rings is 2. The molecule has 4 rings (SSSR count). The Labute approximate surface area is 174 Å². The molecule has 0 radical (unpaired) electrons. The molecular formula is C23H24ClNO4. The van der Waals surface area contributed by atoms with Crippen LogP contribution in [0.2, 0.25) is 5.02 Å². The summed E-state index contributed by atoms with van der Waals surface area (Å²) in [6, 6.07) is 11.3. The van der Waals surface area contributed by atoms with Gasteiger partial charge in [0.25, 0.3) is 0 Å². The van der Waals surface area contributed by atoms with E-state index >= 15 is 0 Å². The van der Waals surface area contributed by atoms with Gasteiger partial charge in [-0.1, -0.05) is 37.9 Å². The summed E-state index contributed by atoms with van der Waals surface area (Å²) in [6.45, 7) is 5.73. The molecule has 0 aliphatic carbocycles. The van der Waals surface area contributed by atoms with Crippen molar-refractivity contribution in [2.24, 2.45) is 0 Å². The van der Waals surface area contributed by atoms with Crippen LogP contribution in [0.5, 0.6) is 11.5 Å². The Bertz CT molecular complexity index is 1090. The number of rotatable bonds is 6. The maximum Gasteiger partial charge on any atom is 0.336 e. The Kier molecular flexibility index (Phi) is 5.67. The molecule has 152 valence electrons. The Balaban J connectivity index is 1.71. The first-order valence-electron chi connectivity index (χ1n) is 9.99. The lowest BCUT2D eigenvalue weighted by Crippen LogP contribution is -2.32. The van der Waals surface area contributed by atoms with Gasteiger partial charge in [0.05, 0.1) is 23.7 Å². The van der Waals surface area contributed by atoms with E-state index in [0.717, 1.165) is 47.2 Å². The average molecular weight is 414 g/mol. The van der Waals surface area contributed by atoms with E-state index in [-0.39, 0.29) is 5.63 Å². The summed E-state index contributed by atoms with van der Waals surface area (Å²) >= 11 is 6.50. The van der Waals surface area contributed by atoms with Gasteiger partial charge in [-0.15, -0.1) is 0 Å². The SMILES string of the molecule is CCCCOc1cccc(N2COc3c(Cl)cc4c(CC)cc(=O)oc4c3C2)c1. The smallest absolute Gasteiger partial charge is 0.336 e. The molecule has 1 aliphatic heterocycles. The maximum absolute atomic E-state index is 12.1. The molecule has 0 fully saturated rings. The van der Waals surface area contributed by atoms with E-state index in [9.17, 15) is 4.79 Å². The second kappa shape index (κ2) is 8.37. The van der Waals surface area contributed by atoms with Gasteiger partial charge in [0.15, 0.2) is 6.73 Å². The molecule has 0 saturated heterocycles. The monoisotopic (exact) mass is 413 g/mol. The zero-order valence-corrected chi connectivity index (χ0v) is 17.4. The highest BCUT2D eigenvalue weighted by Gasteiger charge is 2.25. The molecule has 0 bridgehead atoms. The number of anilines is 1. The topological polar surface area (TPSA) is 51.9 Å². The van der Waals surface area contributed by atoms with Gasteiger partial charge in [-0.3, -0.25) is 0 Å². The van der Waals surface area contributed by atoms with Crippen LogP contribution in [0.1, 0.15) is 37.8 Å². The number of nitrogens with zero attached hydrogens (tertiary/aromatic N) is 1. The zero-order valence-electron chi connectivity index (χ0n) is 16.7. The highest BCUT2D eigenvalue weighted by Crippen LogP contribution is 2.40. The Morgan fingerprint density at radius 2 is 2.07 bits per heavy atom. The number of ether oxygens (including phenoxy) is 2. The predicted molar refractivity (Wildman–Crippen MR) is 115 cm³/mol. The van der Waals surface area contributed by atoms with Crippen LogP contribution in [-0.4, -0.2) is 13.3 Å². The molecular weight excluding hydrogens is 390 g/mol. The third-order valence-electron chi connectivity index (χ3n) is 5.17. The number of hydrogen-bond donors (Lipinski definition) is 0. The first-order valence-corrected chi connectivity index (χ1v) is 10.4. The van der Waals surface area contributed by atoms with Gasteiger partial charge >= 0.3 is 5.63 Å². The number of unbranched alkanes of at least 4 members (excludes halogenated alkanes) is 1. The van der Waals surface area contributed by atoms with Crippen molar-refractivity contribution in [1.82, 2.24) is 0 Å². The average Bonchev–Trinajstić information content (AvgIpc) is 2.74. The quantitative estimate of drug-likeness (QED) is 0.392. The lowest BCUT2D eigenvalue weighted by molar-refractivity contribution is 0.288. The van der Waals surface area contributed by atoms with Crippen LogP contribution in [-0.2, 0) is 13.0 Å². The van der Waals surface area contributed by atoms with Crippen LogP contribution in [0.4, 0.5) is 5.69 Å². The molecule has 2 aromatic carbocycles. The van der Waals surface area contributed by atoms with Crippen LogP contribution in [0.3, 0.4) is 0 Å². The lowest BCUT2D eigenvalue weighted by Gasteiger charge is -2.31. The van der Waals surface area contributed by atoms with Crippen LogP contribution >= 0.6 is 11.6 Å². The molecule has 0 amide bonds. The second-order valence-corrected chi connectivity index (χ2v) is 7.56. The summed E-state index contributed by atoms with van der Waals surface area (Å²) in [6.07, 6.45) is 2.84. The predicted octanol–water partition coefficient (Wildman–Crippen LogP) is 5.54. The van der Waals surface area contributed by atoms with E-state index in [1.807, 2.05) is 37.3 Å². The molecule has 0 atom stereocenters. The molecule has 0 N–H and O–H groups in total. The first-order chi connectivity index (χ1) is 14.1. The van der Waals surface area contributed by atoms with Crippen LogP contribution < -0.4 is 20.0 Å². The van der Waals surface area contributed by atoms with Crippen molar-refractivity contribution >= 4 is 28.3 Å². The van der Waals surface area contributed by atoms with Crippen molar-refractivity contribution in [3.8, 4) is 11.5 Å². The second-order valence-electron chi connectivity index (χ2n) is 7.16. The summed E-state index contributed by atoms with van der Waals surface area (Å²) < 4.78 is 17.4. The van der Waals surface area contributed by atoms with Gasteiger partial charge in [0.2, 0.25) is 0 Å². The molecule has 1 aliphatic rings. The molecule has 0 unspecified atom stereocenters. The zero-order chi connectivity index (χ0) is 20.4. The molecule has 2 heterocycles. The summed E-state index contributed by atoms with van der Waals surface area (Å²) in [5, 5.41) is 1.39. The fourth-order valence-electron chi connectivity index (χ4n) is 3.61. The molecule has 3 aromatic rings. The molecule has 6 heteroatoms. The van der Waals surface area contributed by atoms with E-state index in [4.69, 9.17) is 25.5 Å². The molecule has 1 aromatic heterocycles. The van der Waals surface area contributed by atoms with E-state index in [0.29, 0.717) is 36.2 Å². The molecule has 29 heavy (non-hydrogen) atoms. The Morgan fingerprint density at radius 3 is 2.86 bits per heavy atom. The summed E-state index contributed by atoms with van der Waals surface area (Å²) in [7, 11) is 0. The molecule has 0 spiro atoms. The van der Waals surface area contributed by atoms with E-state index < -0.39 is 0 Å². The highest BCUT2D eigenvalue weighted by atomic mass is 35.5. The number of halogens is 1. The Morgan fingerprint density at radius 1 is 1.21 bits per heavy atom. The number of hydrogen-bond acceptors (Lipinski definition) is 5. The lowest BCUT2D eigenvalue weighted by atomic mass is 10.0. The van der Waals surface area contributed by atoms with Crippen molar-refractivity contribution in [1.29, 1.82) is 0 Å². The van der Waals surface area contributed by atoms with Crippen molar-refractivity contribution in [3.05, 3.63) is 63.0 Å². The minimum Gasteiger partial charge on any atom is -0.494 e. The first kappa shape index (κ1) is 19.6. The normalized spacial score (nSPS) is 13.3. The van der Waals surface area contributed by atoms with Gasteiger partial charge in [-0.2, -0.15) is 0 Å². The van der Waals surface area contributed by atoms with Gasteiger partial charge in [0.1, 0.15) is 17.1 Å². The minimum absolute atomic E-state index is 0.355. The van der Waals surface area contributed by atoms with Crippen molar-refractivity contribution < 1.29 is 13.9 Å². The van der Waals surface area contributed by atoms with Gasteiger partial charge in [-0.05, 0) is 36.6 Å². The fraction of sp³-hybridized carbons (Fsp3) is 0.348. The van der Waals surface area contributed by atoms with Crippen LogP contribution in [0, 0.1) is 0 Å². The molecule has 0 saturated carbocycles. The van der Waals surface area contributed by atoms with E-state index in [2.05, 4.69) is 11.8 Å². The highest BCUT2D eigenvalue weighted by molar-refractivity contribution is 6.33. The maximum atomic E-state index is 12.1. The van der Waals surface area contributed by atoms with Gasteiger partial charge in [-0.25, -0.2) is 4.79 Å². The summed E-state index contributed by atoms with van der Waals surface area (Å²) in [5.74, 6) is 1.42.